The van der Waals surface area contributed by atoms with E-state index in [0.29, 0.717) is 5.92 Å². The summed E-state index contributed by atoms with van der Waals surface area (Å²) in [5.41, 5.74) is 8.73. The van der Waals surface area contributed by atoms with Crippen LogP contribution in [0.15, 0.2) is 12.1 Å². The van der Waals surface area contributed by atoms with Crippen molar-refractivity contribution in [3.05, 3.63) is 23.3 Å². The first kappa shape index (κ1) is 14.2. The monoisotopic (exact) mass is 265 g/mol. The van der Waals surface area contributed by atoms with E-state index < -0.39 is 0 Å². The second kappa shape index (κ2) is 6.26. The van der Waals surface area contributed by atoms with E-state index in [-0.39, 0.29) is 6.04 Å². The van der Waals surface area contributed by atoms with Crippen molar-refractivity contribution in [2.45, 2.75) is 25.8 Å². The van der Waals surface area contributed by atoms with Crippen LogP contribution >= 0.6 is 0 Å². The number of aryl methyl sites for hydroxylation is 1. The highest BCUT2D eigenvalue weighted by Crippen LogP contribution is 2.36. The van der Waals surface area contributed by atoms with Gasteiger partial charge in [-0.3, -0.25) is 0 Å². The standard InChI is InChI=1S/C15H23NO3/c1-10-8-13(17-2)14(18-3)9-12(10)15(16)11-4-6-19-7-5-11/h8-9,11,15H,4-7,16H2,1-3H3. The number of hydrogen-bond donors (Lipinski definition) is 1. The highest BCUT2D eigenvalue weighted by Gasteiger charge is 2.24. The summed E-state index contributed by atoms with van der Waals surface area (Å²) in [6.45, 7) is 3.69. The zero-order chi connectivity index (χ0) is 13.8. The molecule has 4 heteroatoms. The van der Waals surface area contributed by atoms with Crippen molar-refractivity contribution in [1.29, 1.82) is 0 Å². The third-order valence-corrected chi connectivity index (χ3v) is 3.91. The second-order valence-corrected chi connectivity index (χ2v) is 5.04. The van der Waals surface area contributed by atoms with Crippen LogP contribution in [0.4, 0.5) is 0 Å². The third-order valence-electron chi connectivity index (χ3n) is 3.91. The molecule has 1 aromatic carbocycles. The molecular weight excluding hydrogens is 242 g/mol. The molecule has 1 unspecified atom stereocenters. The molecule has 1 atom stereocenters. The fraction of sp³-hybridized carbons (Fsp3) is 0.600. The first-order valence-corrected chi connectivity index (χ1v) is 6.73. The van der Waals surface area contributed by atoms with Gasteiger partial charge in [0.2, 0.25) is 0 Å². The Balaban J connectivity index is 2.27. The highest BCUT2D eigenvalue weighted by molar-refractivity contribution is 5.48. The Bertz CT molecular complexity index is 428. The highest BCUT2D eigenvalue weighted by atomic mass is 16.5. The van der Waals surface area contributed by atoms with E-state index >= 15 is 0 Å². The molecule has 4 nitrogen and oxygen atoms in total. The Morgan fingerprint density at radius 3 is 2.32 bits per heavy atom. The van der Waals surface area contributed by atoms with Crippen molar-refractivity contribution >= 4 is 0 Å². The first-order chi connectivity index (χ1) is 9.17. The maximum absolute atomic E-state index is 6.43. The normalized spacial score (nSPS) is 18.1. The summed E-state index contributed by atoms with van der Waals surface area (Å²) >= 11 is 0. The summed E-state index contributed by atoms with van der Waals surface area (Å²) in [4.78, 5) is 0. The minimum Gasteiger partial charge on any atom is -0.493 e. The van der Waals surface area contributed by atoms with Crippen molar-refractivity contribution in [3.63, 3.8) is 0 Å². The van der Waals surface area contributed by atoms with Gasteiger partial charge in [0.15, 0.2) is 11.5 Å². The van der Waals surface area contributed by atoms with Crippen molar-refractivity contribution in [2.24, 2.45) is 11.7 Å². The van der Waals surface area contributed by atoms with Gasteiger partial charge in [0.1, 0.15) is 0 Å². The Labute approximate surface area is 114 Å². The lowest BCUT2D eigenvalue weighted by Crippen LogP contribution is -2.28. The van der Waals surface area contributed by atoms with Gasteiger partial charge in [-0.25, -0.2) is 0 Å². The summed E-state index contributed by atoms with van der Waals surface area (Å²) in [5, 5.41) is 0. The van der Waals surface area contributed by atoms with Gasteiger partial charge in [-0.05, 0) is 48.9 Å². The molecule has 0 amide bonds. The average Bonchev–Trinajstić information content (AvgIpc) is 2.47. The zero-order valence-electron chi connectivity index (χ0n) is 11.9. The van der Waals surface area contributed by atoms with Gasteiger partial charge in [0.05, 0.1) is 14.2 Å². The fourth-order valence-electron chi connectivity index (χ4n) is 2.68. The van der Waals surface area contributed by atoms with Gasteiger partial charge in [-0.1, -0.05) is 0 Å². The molecule has 0 aliphatic carbocycles. The maximum Gasteiger partial charge on any atom is 0.161 e. The summed E-state index contributed by atoms with van der Waals surface area (Å²) in [7, 11) is 3.30. The van der Waals surface area contributed by atoms with Crippen molar-refractivity contribution in [2.75, 3.05) is 27.4 Å². The summed E-state index contributed by atoms with van der Waals surface area (Å²) in [6, 6.07) is 4.03. The molecule has 1 heterocycles. The van der Waals surface area contributed by atoms with Crippen molar-refractivity contribution in [1.82, 2.24) is 0 Å². The van der Waals surface area contributed by atoms with Crippen LogP contribution in [0.25, 0.3) is 0 Å². The number of nitrogens with two attached hydrogens (primary N) is 1. The molecule has 19 heavy (non-hydrogen) atoms. The van der Waals surface area contributed by atoms with E-state index in [9.17, 15) is 0 Å². The summed E-state index contributed by atoms with van der Waals surface area (Å²) < 4.78 is 16.1. The third kappa shape index (κ3) is 3.01. The Morgan fingerprint density at radius 2 is 1.74 bits per heavy atom. The fourth-order valence-corrected chi connectivity index (χ4v) is 2.68. The molecule has 0 saturated carbocycles. The summed E-state index contributed by atoms with van der Waals surface area (Å²) in [5.74, 6) is 1.97. The zero-order valence-corrected chi connectivity index (χ0v) is 11.9. The van der Waals surface area contributed by atoms with E-state index in [1.54, 1.807) is 14.2 Å². The van der Waals surface area contributed by atoms with E-state index in [4.69, 9.17) is 19.9 Å². The van der Waals surface area contributed by atoms with Crippen LogP contribution in [0, 0.1) is 12.8 Å². The van der Waals surface area contributed by atoms with Crippen LogP contribution in [0.5, 0.6) is 11.5 Å². The predicted molar refractivity (Wildman–Crippen MR) is 74.8 cm³/mol. The van der Waals surface area contributed by atoms with E-state index in [2.05, 4.69) is 6.92 Å². The molecule has 0 radical (unpaired) electrons. The van der Waals surface area contributed by atoms with Crippen molar-refractivity contribution < 1.29 is 14.2 Å². The van der Waals surface area contributed by atoms with Gasteiger partial charge in [-0.15, -0.1) is 0 Å². The second-order valence-electron chi connectivity index (χ2n) is 5.04. The van der Waals surface area contributed by atoms with E-state index in [1.807, 2.05) is 12.1 Å². The molecule has 1 saturated heterocycles. The number of ether oxygens (including phenoxy) is 3. The lowest BCUT2D eigenvalue weighted by molar-refractivity contribution is 0.0583. The molecule has 1 aromatic rings. The quantitative estimate of drug-likeness (QED) is 0.908. The van der Waals surface area contributed by atoms with E-state index in [1.165, 1.54) is 0 Å². The van der Waals surface area contributed by atoms with Gasteiger partial charge >= 0.3 is 0 Å². The Morgan fingerprint density at radius 1 is 1.16 bits per heavy atom. The van der Waals surface area contributed by atoms with Crippen LogP contribution in [-0.2, 0) is 4.74 Å². The number of benzene rings is 1. The number of rotatable bonds is 4. The van der Waals surface area contributed by atoms with Crippen LogP contribution in [0.2, 0.25) is 0 Å². The summed E-state index contributed by atoms with van der Waals surface area (Å²) in [6.07, 6.45) is 2.05. The van der Waals surface area contributed by atoms with Crippen LogP contribution in [0.1, 0.15) is 30.0 Å². The van der Waals surface area contributed by atoms with E-state index in [0.717, 1.165) is 48.7 Å². The predicted octanol–water partition coefficient (Wildman–Crippen LogP) is 2.44. The van der Waals surface area contributed by atoms with Gasteiger partial charge in [0.25, 0.3) is 0 Å². The molecule has 1 aliphatic rings. The Kier molecular flexibility index (Phi) is 4.66. The van der Waals surface area contributed by atoms with Gasteiger partial charge in [0, 0.05) is 19.3 Å². The molecule has 2 N–H and O–H groups in total. The minimum absolute atomic E-state index is 0.0312. The largest absolute Gasteiger partial charge is 0.493 e. The lowest BCUT2D eigenvalue weighted by Gasteiger charge is -2.29. The number of hydrogen-bond acceptors (Lipinski definition) is 4. The lowest BCUT2D eigenvalue weighted by atomic mass is 9.86. The topological polar surface area (TPSA) is 53.7 Å². The number of methoxy groups -OCH3 is 2. The van der Waals surface area contributed by atoms with Gasteiger partial charge < -0.3 is 19.9 Å². The van der Waals surface area contributed by atoms with Gasteiger partial charge in [-0.2, -0.15) is 0 Å². The average molecular weight is 265 g/mol. The smallest absolute Gasteiger partial charge is 0.161 e. The SMILES string of the molecule is COc1cc(C)c(C(N)C2CCOCC2)cc1OC. The minimum atomic E-state index is 0.0312. The molecule has 2 rings (SSSR count). The first-order valence-electron chi connectivity index (χ1n) is 6.73. The Hall–Kier alpha value is -1.26. The molecule has 0 aromatic heterocycles. The van der Waals surface area contributed by atoms with Crippen LogP contribution < -0.4 is 15.2 Å². The molecule has 1 aliphatic heterocycles. The molecular formula is C15H23NO3. The molecule has 1 fully saturated rings. The maximum atomic E-state index is 6.43. The molecule has 106 valence electrons. The van der Waals surface area contributed by atoms with Crippen LogP contribution in [-0.4, -0.2) is 27.4 Å². The van der Waals surface area contributed by atoms with Crippen LogP contribution in [0.3, 0.4) is 0 Å². The molecule has 0 spiro atoms. The molecule has 0 bridgehead atoms. The van der Waals surface area contributed by atoms with Crippen molar-refractivity contribution in [3.8, 4) is 11.5 Å².